The number of nitrogens with one attached hydrogen (secondary N) is 1. The van der Waals surface area contributed by atoms with E-state index in [-0.39, 0.29) is 17.2 Å². The van der Waals surface area contributed by atoms with Gasteiger partial charge in [-0.25, -0.2) is 4.68 Å². The summed E-state index contributed by atoms with van der Waals surface area (Å²) in [7, 11) is 0. The van der Waals surface area contributed by atoms with E-state index in [0.29, 0.717) is 0 Å². The maximum Gasteiger partial charge on any atom is 0.416 e. The van der Waals surface area contributed by atoms with Crippen LogP contribution >= 0.6 is 0 Å². The Morgan fingerprint density at radius 3 is 2.56 bits per heavy atom. The van der Waals surface area contributed by atoms with E-state index in [1.807, 2.05) is 0 Å². The van der Waals surface area contributed by atoms with E-state index in [1.165, 1.54) is 29.1 Å². The Labute approximate surface area is 100 Å². The molecule has 0 saturated carbocycles. The molecule has 0 atom stereocenters. The molecule has 0 aliphatic rings. The first-order valence-electron chi connectivity index (χ1n) is 4.95. The first kappa shape index (κ1) is 12.2. The predicted octanol–water partition coefficient (Wildman–Crippen LogP) is 2.18. The molecule has 0 saturated heterocycles. The van der Waals surface area contributed by atoms with Gasteiger partial charge in [0, 0.05) is 6.20 Å². The smallest absolute Gasteiger partial charge is 0.382 e. The second kappa shape index (κ2) is 4.17. The summed E-state index contributed by atoms with van der Waals surface area (Å²) in [5, 5.41) is 11.1. The summed E-state index contributed by atoms with van der Waals surface area (Å²) in [5.41, 5.74) is 4.96. The number of benzene rings is 1. The molecule has 7 heteroatoms. The van der Waals surface area contributed by atoms with Crippen LogP contribution in [0.15, 0.2) is 36.5 Å². The van der Waals surface area contributed by atoms with Crippen LogP contribution in [-0.4, -0.2) is 15.6 Å². The highest BCUT2D eigenvalue weighted by Gasteiger charge is 2.30. The predicted molar refractivity (Wildman–Crippen MR) is 59.6 cm³/mol. The van der Waals surface area contributed by atoms with Crippen LogP contribution < -0.4 is 5.73 Å². The first-order chi connectivity index (χ1) is 8.38. The van der Waals surface area contributed by atoms with Gasteiger partial charge in [0.15, 0.2) is 0 Å². The van der Waals surface area contributed by atoms with Crippen LogP contribution in [0.25, 0.3) is 5.69 Å². The Kier molecular flexibility index (Phi) is 2.82. The van der Waals surface area contributed by atoms with Crippen LogP contribution in [0.5, 0.6) is 0 Å². The summed E-state index contributed by atoms with van der Waals surface area (Å²) < 4.78 is 38.8. The van der Waals surface area contributed by atoms with Gasteiger partial charge in [0.2, 0.25) is 0 Å². The standard InChI is InChI=1S/C11H9F3N4/c12-11(13,14)7-2-1-3-8(6-7)18-5-4-9(17-18)10(15)16/h1-6H,(H3,15,16). The highest BCUT2D eigenvalue weighted by molar-refractivity contribution is 5.92. The minimum absolute atomic E-state index is 0.215. The highest BCUT2D eigenvalue weighted by Crippen LogP contribution is 2.30. The second-order valence-electron chi connectivity index (χ2n) is 3.61. The first-order valence-corrected chi connectivity index (χ1v) is 4.95. The summed E-state index contributed by atoms with van der Waals surface area (Å²) in [6, 6.07) is 6.22. The lowest BCUT2D eigenvalue weighted by molar-refractivity contribution is -0.137. The van der Waals surface area contributed by atoms with E-state index in [4.69, 9.17) is 11.1 Å². The third-order valence-corrected chi connectivity index (χ3v) is 2.30. The van der Waals surface area contributed by atoms with Gasteiger partial charge in [-0.3, -0.25) is 5.41 Å². The number of rotatable bonds is 2. The van der Waals surface area contributed by atoms with Crippen molar-refractivity contribution >= 4 is 5.84 Å². The fourth-order valence-corrected chi connectivity index (χ4v) is 1.44. The van der Waals surface area contributed by atoms with E-state index in [2.05, 4.69) is 5.10 Å². The van der Waals surface area contributed by atoms with Crippen molar-refractivity contribution in [3.63, 3.8) is 0 Å². The van der Waals surface area contributed by atoms with Crippen LogP contribution in [0, 0.1) is 5.41 Å². The van der Waals surface area contributed by atoms with Crippen molar-refractivity contribution in [2.24, 2.45) is 5.73 Å². The summed E-state index contributed by atoms with van der Waals surface area (Å²) in [6.07, 6.45) is -2.95. The largest absolute Gasteiger partial charge is 0.416 e. The molecule has 4 nitrogen and oxygen atoms in total. The normalized spacial score (nSPS) is 11.5. The number of nitrogen functional groups attached to an aromatic ring is 1. The maximum absolute atomic E-state index is 12.5. The average molecular weight is 254 g/mol. The molecular formula is C11H9F3N4. The van der Waals surface area contributed by atoms with E-state index in [1.54, 1.807) is 0 Å². The van der Waals surface area contributed by atoms with Crippen LogP contribution in [-0.2, 0) is 6.18 Å². The summed E-state index contributed by atoms with van der Waals surface area (Å²) in [6.45, 7) is 0. The van der Waals surface area contributed by atoms with Crippen molar-refractivity contribution in [2.75, 3.05) is 0 Å². The molecular weight excluding hydrogens is 245 g/mol. The lowest BCUT2D eigenvalue weighted by atomic mass is 10.2. The lowest BCUT2D eigenvalue weighted by Crippen LogP contribution is -2.12. The van der Waals surface area contributed by atoms with Crippen LogP contribution in [0.2, 0.25) is 0 Å². The molecule has 0 amide bonds. The molecule has 0 aliphatic heterocycles. The number of hydrogen-bond acceptors (Lipinski definition) is 2. The molecule has 0 fully saturated rings. The lowest BCUT2D eigenvalue weighted by Gasteiger charge is -2.08. The molecule has 1 aromatic heterocycles. The molecule has 94 valence electrons. The number of halogens is 3. The van der Waals surface area contributed by atoms with Crippen molar-refractivity contribution in [2.45, 2.75) is 6.18 Å². The number of nitrogens with two attached hydrogens (primary N) is 1. The molecule has 1 aromatic carbocycles. The fourth-order valence-electron chi connectivity index (χ4n) is 1.44. The molecule has 2 rings (SSSR count). The number of amidine groups is 1. The molecule has 1 heterocycles. The van der Waals surface area contributed by atoms with E-state index < -0.39 is 11.7 Å². The topological polar surface area (TPSA) is 67.7 Å². The minimum atomic E-state index is -4.40. The van der Waals surface area contributed by atoms with Gasteiger partial charge in [0.25, 0.3) is 0 Å². The van der Waals surface area contributed by atoms with Gasteiger partial charge < -0.3 is 5.73 Å². The zero-order valence-corrected chi connectivity index (χ0v) is 9.07. The quantitative estimate of drug-likeness (QED) is 0.637. The molecule has 0 aliphatic carbocycles. The Hall–Kier alpha value is -2.31. The molecule has 3 N–H and O–H groups in total. The van der Waals surface area contributed by atoms with Gasteiger partial charge >= 0.3 is 6.18 Å². The fraction of sp³-hybridized carbons (Fsp3) is 0.0909. The maximum atomic E-state index is 12.5. The molecule has 0 spiro atoms. The van der Waals surface area contributed by atoms with Gasteiger partial charge in [0.05, 0.1) is 11.3 Å². The van der Waals surface area contributed by atoms with E-state index in [0.717, 1.165) is 12.1 Å². The van der Waals surface area contributed by atoms with E-state index >= 15 is 0 Å². The molecule has 2 aromatic rings. The van der Waals surface area contributed by atoms with E-state index in [9.17, 15) is 13.2 Å². The number of alkyl halides is 3. The van der Waals surface area contributed by atoms with Crippen LogP contribution in [0.1, 0.15) is 11.3 Å². The average Bonchev–Trinajstić information content (AvgIpc) is 2.77. The zero-order chi connectivity index (χ0) is 13.3. The monoisotopic (exact) mass is 254 g/mol. The van der Waals surface area contributed by atoms with Crippen molar-refractivity contribution in [1.29, 1.82) is 5.41 Å². The SMILES string of the molecule is N=C(N)c1ccn(-c2cccc(C(F)(F)F)c2)n1. The van der Waals surface area contributed by atoms with Crippen LogP contribution in [0.4, 0.5) is 13.2 Å². The number of hydrogen-bond donors (Lipinski definition) is 2. The second-order valence-corrected chi connectivity index (χ2v) is 3.61. The molecule has 18 heavy (non-hydrogen) atoms. The van der Waals surface area contributed by atoms with Gasteiger partial charge in [-0.15, -0.1) is 0 Å². The van der Waals surface area contributed by atoms with Crippen molar-refractivity contribution < 1.29 is 13.2 Å². The summed E-state index contributed by atoms with van der Waals surface area (Å²) >= 11 is 0. The Bertz CT molecular complexity index is 586. The summed E-state index contributed by atoms with van der Waals surface area (Å²) in [4.78, 5) is 0. The van der Waals surface area contributed by atoms with Gasteiger partial charge in [0.1, 0.15) is 11.5 Å². The number of aromatic nitrogens is 2. The highest BCUT2D eigenvalue weighted by atomic mass is 19.4. The molecule has 0 bridgehead atoms. The third kappa shape index (κ3) is 2.34. The Morgan fingerprint density at radius 1 is 1.28 bits per heavy atom. The van der Waals surface area contributed by atoms with Crippen molar-refractivity contribution in [1.82, 2.24) is 9.78 Å². The Balaban J connectivity index is 2.41. The van der Waals surface area contributed by atoms with Gasteiger partial charge in [-0.1, -0.05) is 6.07 Å². The van der Waals surface area contributed by atoms with Gasteiger partial charge in [-0.05, 0) is 24.3 Å². The van der Waals surface area contributed by atoms with Crippen LogP contribution in [0.3, 0.4) is 0 Å². The zero-order valence-electron chi connectivity index (χ0n) is 9.07. The Morgan fingerprint density at radius 2 is 2.00 bits per heavy atom. The van der Waals surface area contributed by atoms with Gasteiger partial charge in [-0.2, -0.15) is 18.3 Å². The summed E-state index contributed by atoms with van der Waals surface area (Å²) in [5.74, 6) is -0.235. The molecule has 0 unspecified atom stereocenters. The molecule has 0 radical (unpaired) electrons. The number of nitrogens with zero attached hydrogens (tertiary/aromatic N) is 2. The van der Waals surface area contributed by atoms with Crippen molar-refractivity contribution in [3.8, 4) is 5.69 Å². The minimum Gasteiger partial charge on any atom is -0.382 e. The third-order valence-electron chi connectivity index (χ3n) is 2.30. The van der Waals surface area contributed by atoms with Crippen molar-refractivity contribution in [3.05, 3.63) is 47.8 Å².